The summed E-state index contributed by atoms with van der Waals surface area (Å²) in [5.41, 5.74) is 0.146. The van der Waals surface area contributed by atoms with Gasteiger partial charge in [0.05, 0.1) is 0 Å². The van der Waals surface area contributed by atoms with Crippen molar-refractivity contribution in [1.29, 1.82) is 5.26 Å². The van der Waals surface area contributed by atoms with E-state index in [2.05, 4.69) is 6.92 Å². The Labute approximate surface area is 153 Å². The minimum Gasteiger partial charge on any atom is -0.477 e. The zero-order valence-electron chi connectivity index (χ0n) is 15.2. The number of rotatable bonds is 8. The Morgan fingerprint density at radius 1 is 1.31 bits per heavy atom. The molecular weight excluding hydrogens is 330 g/mol. The van der Waals surface area contributed by atoms with Crippen molar-refractivity contribution in [2.75, 3.05) is 0 Å². The van der Waals surface area contributed by atoms with Gasteiger partial charge in [0, 0.05) is 23.8 Å². The lowest BCUT2D eigenvalue weighted by atomic mass is 9.95. The lowest BCUT2D eigenvalue weighted by Gasteiger charge is -2.23. The molecule has 1 aliphatic carbocycles. The molecule has 0 radical (unpaired) electrons. The fraction of sp³-hybridized carbons (Fsp3) is 0.524. The number of ether oxygens (including phenoxy) is 1. The van der Waals surface area contributed by atoms with E-state index in [9.17, 15) is 15.2 Å². The lowest BCUT2D eigenvalue weighted by molar-refractivity contribution is -0.151. The molecule has 1 aromatic heterocycles. The number of carboxylic acid groups (broad SMARTS) is 1. The number of carboxylic acids is 1. The highest BCUT2D eigenvalue weighted by atomic mass is 16.5. The van der Waals surface area contributed by atoms with E-state index in [0.29, 0.717) is 12.2 Å². The Kier molecular flexibility index (Phi) is 5.51. The molecule has 5 nitrogen and oxygen atoms in total. The van der Waals surface area contributed by atoms with Crippen molar-refractivity contribution in [1.82, 2.24) is 0 Å². The number of aryl methyl sites for hydroxylation is 2. The van der Waals surface area contributed by atoms with Gasteiger partial charge >= 0.3 is 5.97 Å². The molecule has 1 N–H and O–H groups in total. The minimum absolute atomic E-state index is 0.181. The predicted molar refractivity (Wildman–Crippen MR) is 98.2 cm³/mol. The molecule has 1 unspecified atom stereocenters. The van der Waals surface area contributed by atoms with Crippen LogP contribution in [-0.4, -0.2) is 16.7 Å². The van der Waals surface area contributed by atoms with Gasteiger partial charge in [-0.3, -0.25) is 0 Å². The van der Waals surface area contributed by atoms with E-state index in [1.54, 1.807) is 6.07 Å². The molecule has 0 bridgehead atoms. The Bertz CT molecular complexity index is 832. The number of carbonyl (C=O) groups is 1. The summed E-state index contributed by atoms with van der Waals surface area (Å²) in [6.45, 7) is 2.09. The van der Waals surface area contributed by atoms with Crippen molar-refractivity contribution in [2.24, 2.45) is 0 Å². The Hall–Kier alpha value is -2.48. The predicted octanol–water partition coefficient (Wildman–Crippen LogP) is 5.01. The fourth-order valence-electron chi connectivity index (χ4n) is 3.64. The monoisotopic (exact) mass is 355 g/mol. The number of nitrogens with zero attached hydrogens (tertiary/aromatic N) is 1. The second-order valence-electron chi connectivity index (χ2n) is 7.03. The molecule has 1 heterocycles. The van der Waals surface area contributed by atoms with Gasteiger partial charge in [-0.05, 0) is 43.9 Å². The van der Waals surface area contributed by atoms with Gasteiger partial charge in [0.2, 0.25) is 0 Å². The van der Waals surface area contributed by atoms with Crippen LogP contribution in [0, 0.1) is 11.3 Å². The Balaban J connectivity index is 1.86. The maximum absolute atomic E-state index is 11.8. The molecule has 0 amide bonds. The normalized spacial score (nSPS) is 15.8. The van der Waals surface area contributed by atoms with Crippen molar-refractivity contribution >= 4 is 16.9 Å². The summed E-state index contributed by atoms with van der Waals surface area (Å²) in [7, 11) is 0. The third kappa shape index (κ3) is 3.55. The first-order chi connectivity index (χ1) is 12.6. The molecule has 1 aromatic carbocycles. The largest absolute Gasteiger partial charge is 0.477 e. The lowest BCUT2D eigenvalue weighted by Crippen LogP contribution is -2.43. The molecule has 3 rings (SSSR count). The number of fused-ring (bicyclic) bond motifs is 3. The Morgan fingerprint density at radius 3 is 2.85 bits per heavy atom. The van der Waals surface area contributed by atoms with Crippen LogP contribution in [0.15, 0.2) is 22.6 Å². The quantitative estimate of drug-likeness (QED) is 0.673. The zero-order chi connectivity index (χ0) is 18.6. The third-order valence-electron chi connectivity index (χ3n) is 5.13. The molecule has 0 fully saturated rings. The highest BCUT2D eigenvalue weighted by Crippen LogP contribution is 2.35. The van der Waals surface area contributed by atoms with E-state index in [4.69, 9.17) is 9.15 Å². The zero-order valence-corrected chi connectivity index (χ0v) is 15.2. The van der Waals surface area contributed by atoms with Crippen LogP contribution in [0.5, 0.6) is 5.75 Å². The average molecular weight is 355 g/mol. The summed E-state index contributed by atoms with van der Waals surface area (Å²) in [4.78, 5) is 11.8. The molecule has 1 aliphatic rings. The summed E-state index contributed by atoms with van der Waals surface area (Å²) in [6.07, 6.45) is 7.96. The number of hydrogen-bond acceptors (Lipinski definition) is 4. The van der Waals surface area contributed by atoms with E-state index in [-0.39, 0.29) is 6.42 Å². The first kappa shape index (κ1) is 18.3. The van der Waals surface area contributed by atoms with Gasteiger partial charge < -0.3 is 14.3 Å². The molecule has 0 aliphatic heterocycles. The third-order valence-corrected chi connectivity index (χ3v) is 5.13. The van der Waals surface area contributed by atoms with Crippen LogP contribution in [-0.2, 0) is 17.6 Å². The molecule has 2 aromatic rings. The van der Waals surface area contributed by atoms with Gasteiger partial charge in [0.15, 0.2) is 0 Å². The molecule has 0 saturated heterocycles. The number of nitriles is 1. The van der Waals surface area contributed by atoms with E-state index >= 15 is 0 Å². The van der Waals surface area contributed by atoms with Gasteiger partial charge in [0.1, 0.15) is 23.2 Å². The van der Waals surface area contributed by atoms with Crippen LogP contribution >= 0.6 is 0 Å². The molecule has 138 valence electrons. The number of aliphatic carboxylic acids is 1. The Morgan fingerprint density at radius 2 is 2.12 bits per heavy atom. The van der Waals surface area contributed by atoms with Crippen LogP contribution in [0.1, 0.15) is 63.2 Å². The molecule has 0 saturated carbocycles. The van der Waals surface area contributed by atoms with E-state index in [1.807, 2.05) is 18.2 Å². The smallest absolute Gasteiger partial charge is 0.363 e. The van der Waals surface area contributed by atoms with Crippen molar-refractivity contribution in [3.05, 3.63) is 29.5 Å². The van der Waals surface area contributed by atoms with Crippen LogP contribution in [0.25, 0.3) is 11.0 Å². The van der Waals surface area contributed by atoms with Crippen LogP contribution in [0.2, 0.25) is 0 Å². The number of furan rings is 1. The number of benzene rings is 1. The summed E-state index contributed by atoms with van der Waals surface area (Å²) in [5.74, 6) is 0.199. The molecule has 5 heteroatoms. The standard InChI is InChI=1S/C21H25NO4/c1-2-3-4-7-12-21(14-22,20(23)24)26-15-10-11-19-17(13-15)16-8-5-6-9-18(16)25-19/h10-11,13H,2-9,12H2,1H3,(H,23,24). The highest BCUT2D eigenvalue weighted by Gasteiger charge is 2.41. The first-order valence-electron chi connectivity index (χ1n) is 9.47. The maximum atomic E-state index is 11.8. The summed E-state index contributed by atoms with van der Waals surface area (Å²) in [5, 5.41) is 20.2. The maximum Gasteiger partial charge on any atom is 0.363 e. The SMILES string of the molecule is CCCCCCC(C#N)(Oc1ccc2oc3c(c2c1)CCCC3)C(=O)O. The molecule has 0 spiro atoms. The van der Waals surface area contributed by atoms with E-state index < -0.39 is 11.6 Å². The van der Waals surface area contributed by atoms with Crippen molar-refractivity contribution < 1.29 is 19.1 Å². The average Bonchev–Trinajstić information content (AvgIpc) is 3.02. The fourth-order valence-corrected chi connectivity index (χ4v) is 3.64. The topological polar surface area (TPSA) is 83.5 Å². The van der Waals surface area contributed by atoms with E-state index in [0.717, 1.165) is 61.7 Å². The van der Waals surface area contributed by atoms with Crippen LogP contribution in [0.3, 0.4) is 0 Å². The molecular formula is C21H25NO4. The summed E-state index contributed by atoms with van der Waals surface area (Å²) >= 11 is 0. The second-order valence-corrected chi connectivity index (χ2v) is 7.03. The number of unbranched alkanes of at least 4 members (excludes halogenated alkanes) is 3. The highest BCUT2D eigenvalue weighted by molar-refractivity contribution is 5.85. The second kappa shape index (κ2) is 7.82. The minimum atomic E-state index is -1.84. The summed E-state index contributed by atoms with van der Waals surface area (Å²) < 4.78 is 11.7. The molecule has 26 heavy (non-hydrogen) atoms. The van der Waals surface area contributed by atoms with Crippen LogP contribution < -0.4 is 4.74 Å². The van der Waals surface area contributed by atoms with Gasteiger partial charge in [-0.15, -0.1) is 0 Å². The van der Waals surface area contributed by atoms with Crippen molar-refractivity contribution in [3.8, 4) is 11.8 Å². The summed E-state index contributed by atoms with van der Waals surface area (Å²) in [6, 6.07) is 7.23. The van der Waals surface area contributed by atoms with Gasteiger partial charge in [-0.1, -0.05) is 26.2 Å². The van der Waals surface area contributed by atoms with Gasteiger partial charge in [0.25, 0.3) is 5.60 Å². The van der Waals surface area contributed by atoms with Crippen molar-refractivity contribution in [2.45, 2.75) is 70.3 Å². The van der Waals surface area contributed by atoms with Gasteiger partial charge in [-0.25, -0.2) is 4.79 Å². The van der Waals surface area contributed by atoms with Crippen LogP contribution in [0.4, 0.5) is 0 Å². The number of hydrogen-bond donors (Lipinski definition) is 1. The van der Waals surface area contributed by atoms with Gasteiger partial charge in [-0.2, -0.15) is 5.26 Å². The van der Waals surface area contributed by atoms with Crippen molar-refractivity contribution in [3.63, 3.8) is 0 Å². The van der Waals surface area contributed by atoms with E-state index in [1.165, 1.54) is 5.56 Å². The molecule has 1 atom stereocenters. The first-order valence-corrected chi connectivity index (χ1v) is 9.47.